The normalized spacial score (nSPS) is 23.3. The molecule has 1 saturated carbocycles. The summed E-state index contributed by atoms with van der Waals surface area (Å²) in [5.74, 6) is 0.563. The topological polar surface area (TPSA) is 50.3 Å². The van der Waals surface area contributed by atoms with E-state index in [0.29, 0.717) is 18.9 Å². The second-order valence-corrected chi connectivity index (χ2v) is 7.95. The van der Waals surface area contributed by atoms with Crippen molar-refractivity contribution in [3.8, 4) is 0 Å². The summed E-state index contributed by atoms with van der Waals surface area (Å²) >= 11 is 5.91. The van der Waals surface area contributed by atoms with E-state index in [1.165, 1.54) is 4.31 Å². The number of rotatable bonds is 6. The minimum absolute atomic E-state index is 0.143. The second-order valence-electron chi connectivity index (χ2n) is 5.14. The Kier molecular flexibility index (Phi) is 4.81. The monoisotopic (exact) mass is 302 g/mol. The predicted molar refractivity (Wildman–Crippen MR) is 76.7 cm³/mol. The van der Waals surface area contributed by atoms with Gasteiger partial charge in [0.25, 0.3) is 0 Å². The van der Waals surface area contributed by atoms with Crippen molar-refractivity contribution < 1.29 is 8.42 Å². The van der Waals surface area contributed by atoms with Crippen molar-refractivity contribution in [2.45, 2.75) is 24.6 Å². The summed E-state index contributed by atoms with van der Waals surface area (Å²) in [7, 11) is -1.52. The van der Waals surface area contributed by atoms with Gasteiger partial charge in [0, 0.05) is 31.4 Å². The molecule has 1 aromatic rings. The van der Waals surface area contributed by atoms with Gasteiger partial charge >= 0.3 is 0 Å². The highest BCUT2D eigenvalue weighted by Gasteiger charge is 2.30. The van der Waals surface area contributed by atoms with E-state index in [-0.39, 0.29) is 11.1 Å². The van der Waals surface area contributed by atoms with Crippen LogP contribution in [-0.4, -0.2) is 42.4 Å². The van der Waals surface area contributed by atoms with E-state index in [1.54, 1.807) is 19.4 Å². The number of sulfonamides is 1. The summed E-state index contributed by atoms with van der Waals surface area (Å²) in [5, 5.41) is 0.234. The van der Waals surface area contributed by atoms with Crippen molar-refractivity contribution in [3.05, 3.63) is 30.1 Å². The van der Waals surface area contributed by atoms with Crippen molar-refractivity contribution in [1.82, 2.24) is 9.29 Å². The average molecular weight is 303 g/mol. The summed E-state index contributed by atoms with van der Waals surface area (Å²) < 4.78 is 25.8. The predicted octanol–water partition coefficient (Wildman–Crippen LogP) is 1.90. The van der Waals surface area contributed by atoms with Crippen LogP contribution >= 0.6 is 11.6 Å². The fourth-order valence-electron chi connectivity index (χ4n) is 2.23. The minimum atomic E-state index is -3.18. The van der Waals surface area contributed by atoms with Crippen LogP contribution in [0.5, 0.6) is 0 Å². The molecule has 1 aromatic heterocycles. The molecule has 0 amide bonds. The Hall–Kier alpha value is -0.650. The van der Waals surface area contributed by atoms with Crippen molar-refractivity contribution in [1.29, 1.82) is 0 Å². The molecule has 1 heterocycles. The molecule has 19 heavy (non-hydrogen) atoms. The van der Waals surface area contributed by atoms with Crippen LogP contribution in [-0.2, 0) is 16.4 Å². The van der Waals surface area contributed by atoms with E-state index in [9.17, 15) is 8.42 Å². The van der Waals surface area contributed by atoms with Crippen LogP contribution in [0, 0.1) is 5.92 Å². The Morgan fingerprint density at radius 3 is 2.58 bits per heavy atom. The maximum Gasteiger partial charge on any atom is 0.214 e. The van der Waals surface area contributed by atoms with Crippen molar-refractivity contribution >= 4 is 21.6 Å². The van der Waals surface area contributed by atoms with E-state index < -0.39 is 10.0 Å². The molecule has 0 unspecified atom stereocenters. The van der Waals surface area contributed by atoms with Crippen LogP contribution in [0.15, 0.2) is 24.5 Å². The molecule has 106 valence electrons. The maximum absolute atomic E-state index is 12.1. The molecule has 0 aromatic carbocycles. The number of hydrogen-bond acceptors (Lipinski definition) is 3. The zero-order valence-electron chi connectivity index (χ0n) is 11.0. The molecule has 0 spiro atoms. The first kappa shape index (κ1) is 14.8. The number of pyridine rings is 1. The number of hydrogen-bond donors (Lipinski definition) is 0. The lowest BCUT2D eigenvalue weighted by Crippen LogP contribution is -2.39. The quantitative estimate of drug-likeness (QED) is 0.754. The van der Waals surface area contributed by atoms with Crippen LogP contribution in [0.25, 0.3) is 0 Å². The van der Waals surface area contributed by atoms with E-state index in [2.05, 4.69) is 4.98 Å². The van der Waals surface area contributed by atoms with Gasteiger partial charge in [0.05, 0.1) is 5.75 Å². The molecule has 2 rings (SSSR count). The molecule has 0 radical (unpaired) electrons. The van der Waals surface area contributed by atoms with E-state index >= 15 is 0 Å². The van der Waals surface area contributed by atoms with Gasteiger partial charge in [0.15, 0.2) is 0 Å². The lowest BCUT2D eigenvalue weighted by Gasteiger charge is -2.33. The van der Waals surface area contributed by atoms with Gasteiger partial charge in [0.1, 0.15) is 0 Å². The van der Waals surface area contributed by atoms with Gasteiger partial charge in [-0.25, -0.2) is 12.7 Å². The van der Waals surface area contributed by atoms with E-state index in [1.807, 2.05) is 12.1 Å². The number of aryl methyl sites for hydroxylation is 1. The largest absolute Gasteiger partial charge is 0.265 e. The Bertz CT molecular complexity index is 501. The molecule has 4 nitrogen and oxygen atoms in total. The number of alkyl halides is 1. The Balaban J connectivity index is 1.84. The summed E-state index contributed by atoms with van der Waals surface area (Å²) in [6.07, 6.45) is 5.73. The second kappa shape index (κ2) is 6.20. The zero-order chi connectivity index (χ0) is 13.9. The molecule has 0 aliphatic heterocycles. The third kappa shape index (κ3) is 4.16. The number of nitrogens with zero attached hydrogens (tertiary/aromatic N) is 2. The van der Waals surface area contributed by atoms with E-state index in [0.717, 1.165) is 18.4 Å². The van der Waals surface area contributed by atoms with Crippen LogP contribution in [0.1, 0.15) is 18.4 Å². The molecule has 6 heteroatoms. The molecular formula is C13H19ClN2O2S. The van der Waals surface area contributed by atoms with Crippen LogP contribution < -0.4 is 0 Å². The third-order valence-electron chi connectivity index (χ3n) is 3.57. The van der Waals surface area contributed by atoms with Crippen LogP contribution in [0.3, 0.4) is 0 Å². The summed E-state index contributed by atoms with van der Waals surface area (Å²) in [6.45, 7) is 0.585. The average Bonchev–Trinajstić information content (AvgIpc) is 2.36. The summed E-state index contributed by atoms with van der Waals surface area (Å²) in [4.78, 5) is 3.92. The Morgan fingerprint density at radius 2 is 2.00 bits per heavy atom. The SMILES string of the molecule is CN(CC1CC(Cl)C1)S(=O)(=O)CCc1ccncc1. The molecule has 1 aliphatic carbocycles. The molecule has 0 saturated heterocycles. The van der Waals surface area contributed by atoms with Gasteiger partial charge in [-0.2, -0.15) is 0 Å². The van der Waals surface area contributed by atoms with Gasteiger partial charge in [-0.15, -0.1) is 11.6 Å². The Labute approximate surface area is 119 Å². The van der Waals surface area contributed by atoms with E-state index in [4.69, 9.17) is 11.6 Å². The van der Waals surface area contributed by atoms with Gasteiger partial charge in [0.2, 0.25) is 10.0 Å². The van der Waals surface area contributed by atoms with Gasteiger partial charge in [-0.05, 0) is 42.9 Å². The maximum atomic E-state index is 12.1. The first-order valence-electron chi connectivity index (χ1n) is 6.44. The lowest BCUT2D eigenvalue weighted by atomic mass is 9.85. The van der Waals surface area contributed by atoms with Crippen molar-refractivity contribution in [3.63, 3.8) is 0 Å². The zero-order valence-corrected chi connectivity index (χ0v) is 12.6. The first-order valence-corrected chi connectivity index (χ1v) is 8.49. The molecule has 1 fully saturated rings. The third-order valence-corrected chi connectivity index (χ3v) is 5.74. The fraction of sp³-hybridized carbons (Fsp3) is 0.615. The highest BCUT2D eigenvalue weighted by atomic mass is 35.5. The van der Waals surface area contributed by atoms with Gasteiger partial charge in [-0.3, -0.25) is 4.98 Å². The molecule has 0 atom stereocenters. The molecule has 1 aliphatic rings. The van der Waals surface area contributed by atoms with Crippen molar-refractivity contribution in [2.24, 2.45) is 5.92 Å². The number of halogens is 1. The van der Waals surface area contributed by atoms with Crippen molar-refractivity contribution in [2.75, 3.05) is 19.3 Å². The molecule has 0 N–H and O–H groups in total. The smallest absolute Gasteiger partial charge is 0.214 e. The fourth-order valence-corrected chi connectivity index (χ4v) is 3.98. The van der Waals surface area contributed by atoms with Crippen LogP contribution in [0.4, 0.5) is 0 Å². The number of aromatic nitrogens is 1. The highest BCUT2D eigenvalue weighted by molar-refractivity contribution is 7.89. The lowest BCUT2D eigenvalue weighted by molar-refractivity contribution is 0.268. The van der Waals surface area contributed by atoms with Gasteiger partial charge < -0.3 is 0 Å². The molecular weight excluding hydrogens is 284 g/mol. The Morgan fingerprint density at radius 1 is 1.37 bits per heavy atom. The minimum Gasteiger partial charge on any atom is -0.265 e. The van der Waals surface area contributed by atoms with Crippen LogP contribution in [0.2, 0.25) is 0 Å². The standard InChI is InChI=1S/C13H19ClN2O2S/c1-16(10-12-8-13(14)9-12)19(17,18)7-4-11-2-5-15-6-3-11/h2-3,5-6,12-13H,4,7-10H2,1H3. The summed E-state index contributed by atoms with van der Waals surface area (Å²) in [6, 6.07) is 3.69. The highest BCUT2D eigenvalue weighted by Crippen LogP contribution is 2.32. The first-order chi connectivity index (χ1) is 8.97. The molecule has 0 bridgehead atoms. The summed E-state index contributed by atoms with van der Waals surface area (Å²) in [5.41, 5.74) is 0.997. The van der Waals surface area contributed by atoms with Gasteiger partial charge in [-0.1, -0.05) is 0 Å².